The lowest BCUT2D eigenvalue weighted by Gasteiger charge is -1.69. The van der Waals surface area contributed by atoms with E-state index in [-0.39, 0.29) is 0 Å². The molecule has 6 heteroatoms. The SMILES string of the molecule is ClC=CCl.FC(F)=C(F)F. The van der Waals surface area contributed by atoms with Gasteiger partial charge < -0.3 is 0 Å². The van der Waals surface area contributed by atoms with Crippen LogP contribution in [0.5, 0.6) is 0 Å². The number of halogens is 6. The Hall–Kier alpha value is -0.220. The first-order chi connectivity index (χ1) is 4.56. The summed E-state index contributed by atoms with van der Waals surface area (Å²) in [5.41, 5.74) is 2.48. The monoisotopic (exact) mass is 196 g/mol. The Labute approximate surface area is 64.7 Å². The largest absolute Gasteiger partial charge is 0.334 e. The van der Waals surface area contributed by atoms with Crippen molar-refractivity contribution in [3.05, 3.63) is 23.2 Å². The highest BCUT2D eigenvalue weighted by atomic mass is 35.5. The van der Waals surface area contributed by atoms with Gasteiger partial charge in [-0.25, -0.2) is 0 Å². The summed E-state index contributed by atoms with van der Waals surface area (Å²) >= 11 is 9.75. The van der Waals surface area contributed by atoms with Gasteiger partial charge in [0.1, 0.15) is 0 Å². The second-order valence-electron chi connectivity index (χ2n) is 0.773. The van der Waals surface area contributed by atoms with E-state index in [0.717, 1.165) is 0 Å². The fourth-order valence-electron chi connectivity index (χ4n) is 0. The lowest BCUT2D eigenvalue weighted by atomic mass is 11.1. The van der Waals surface area contributed by atoms with Gasteiger partial charge in [-0.3, -0.25) is 0 Å². The topological polar surface area (TPSA) is 0 Å². The number of rotatable bonds is 0. The maximum absolute atomic E-state index is 10.3. The summed E-state index contributed by atoms with van der Waals surface area (Å²) in [6, 6.07) is 0. The van der Waals surface area contributed by atoms with Crippen molar-refractivity contribution in [1.29, 1.82) is 0 Å². The zero-order valence-corrected chi connectivity index (χ0v) is 5.93. The lowest BCUT2D eigenvalue weighted by Crippen LogP contribution is -1.56. The molecule has 0 unspecified atom stereocenters. The maximum Gasteiger partial charge on any atom is 0.334 e. The Morgan fingerprint density at radius 3 is 1.00 bits per heavy atom. The van der Waals surface area contributed by atoms with Crippen molar-refractivity contribution in [3.63, 3.8) is 0 Å². The molecule has 0 heterocycles. The van der Waals surface area contributed by atoms with E-state index in [4.69, 9.17) is 23.2 Å². The van der Waals surface area contributed by atoms with Crippen LogP contribution in [0.15, 0.2) is 23.2 Å². The van der Waals surface area contributed by atoms with Gasteiger partial charge in [0.2, 0.25) is 0 Å². The smallest absolute Gasteiger partial charge is 0.167 e. The molecular weight excluding hydrogens is 195 g/mol. The van der Waals surface area contributed by atoms with Crippen LogP contribution in [0.2, 0.25) is 0 Å². The van der Waals surface area contributed by atoms with Gasteiger partial charge in [-0.05, 0) is 0 Å². The Kier molecular flexibility index (Phi) is 10.9. The minimum absolute atomic E-state index is 1.24. The van der Waals surface area contributed by atoms with Gasteiger partial charge in [0, 0.05) is 11.1 Å². The second-order valence-corrected chi connectivity index (χ2v) is 1.28. The predicted octanol–water partition coefficient (Wildman–Crippen LogP) is 3.93. The van der Waals surface area contributed by atoms with Crippen LogP contribution in [0.1, 0.15) is 0 Å². The van der Waals surface area contributed by atoms with Crippen molar-refractivity contribution >= 4 is 23.2 Å². The molecule has 0 aliphatic carbocycles. The van der Waals surface area contributed by atoms with Gasteiger partial charge in [-0.2, -0.15) is 17.6 Å². The molecule has 0 aliphatic rings. The van der Waals surface area contributed by atoms with E-state index >= 15 is 0 Å². The van der Waals surface area contributed by atoms with Crippen molar-refractivity contribution in [2.24, 2.45) is 0 Å². The summed E-state index contributed by atoms with van der Waals surface area (Å²) in [4.78, 5) is 0. The summed E-state index contributed by atoms with van der Waals surface area (Å²) in [7, 11) is 0. The van der Waals surface area contributed by atoms with Crippen LogP contribution in [-0.2, 0) is 0 Å². The maximum atomic E-state index is 10.3. The molecule has 10 heavy (non-hydrogen) atoms. The molecule has 0 fully saturated rings. The predicted molar refractivity (Wildman–Crippen MR) is 32.3 cm³/mol. The molecule has 0 saturated heterocycles. The minimum atomic E-state index is -2.91. The summed E-state index contributed by atoms with van der Waals surface area (Å²) < 4.78 is 41.1. The third-order valence-electron chi connectivity index (χ3n) is 0.190. The molecule has 0 radical (unpaired) electrons. The van der Waals surface area contributed by atoms with Crippen molar-refractivity contribution in [2.45, 2.75) is 0 Å². The van der Waals surface area contributed by atoms with Crippen LogP contribution in [0, 0.1) is 0 Å². The molecule has 0 amide bonds. The highest BCUT2D eigenvalue weighted by molar-refractivity contribution is 6.33. The molecule has 0 saturated carbocycles. The quantitative estimate of drug-likeness (QED) is 0.516. The molecule has 0 N–H and O–H groups in total. The van der Waals surface area contributed by atoms with Gasteiger partial charge in [-0.15, -0.1) is 0 Å². The fraction of sp³-hybridized carbons (Fsp3) is 0. The van der Waals surface area contributed by atoms with E-state index in [0.29, 0.717) is 0 Å². The number of hydrogen-bond acceptors (Lipinski definition) is 0. The minimum Gasteiger partial charge on any atom is -0.167 e. The first kappa shape index (κ1) is 12.5. The molecule has 0 rings (SSSR count). The molecular formula is C4H2Cl2F4. The average Bonchev–Trinajstić information content (AvgIpc) is 1.89. The number of hydrogen-bond donors (Lipinski definition) is 0. The van der Waals surface area contributed by atoms with Crippen molar-refractivity contribution in [2.75, 3.05) is 0 Å². The van der Waals surface area contributed by atoms with Gasteiger partial charge >= 0.3 is 12.2 Å². The van der Waals surface area contributed by atoms with Crippen LogP contribution >= 0.6 is 23.2 Å². The third-order valence-corrected chi connectivity index (χ3v) is 0.571. The van der Waals surface area contributed by atoms with Crippen LogP contribution in [0.4, 0.5) is 17.6 Å². The highest BCUT2D eigenvalue weighted by Crippen LogP contribution is 2.08. The normalized spacial score (nSPS) is 8.60. The molecule has 0 aromatic rings. The zero-order valence-electron chi connectivity index (χ0n) is 4.42. The van der Waals surface area contributed by atoms with Crippen molar-refractivity contribution < 1.29 is 17.6 Å². The molecule has 0 atom stereocenters. The Bertz CT molecular complexity index is 109. The van der Waals surface area contributed by atoms with Gasteiger partial charge in [0.15, 0.2) is 0 Å². The molecule has 0 aliphatic heterocycles. The van der Waals surface area contributed by atoms with E-state index in [1.165, 1.54) is 11.1 Å². The molecule has 0 spiro atoms. The summed E-state index contributed by atoms with van der Waals surface area (Å²) in [6.45, 7) is 0. The highest BCUT2D eigenvalue weighted by Gasteiger charge is 1.98. The Morgan fingerprint density at radius 1 is 0.800 bits per heavy atom. The summed E-state index contributed by atoms with van der Waals surface area (Å²) in [5.74, 6) is 0. The van der Waals surface area contributed by atoms with Crippen LogP contribution < -0.4 is 0 Å². The first-order valence-corrected chi connectivity index (χ1v) is 2.65. The lowest BCUT2D eigenvalue weighted by molar-refractivity contribution is 0.308. The van der Waals surface area contributed by atoms with Gasteiger partial charge in [0.25, 0.3) is 0 Å². The van der Waals surface area contributed by atoms with Crippen molar-refractivity contribution in [3.8, 4) is 0 Å². The summed E-state index contributed by atoms with van der Waals surface area (Å²) in [6.07, 6.45) is -5.81. The third kappa shape index (κ3) is 15.7. The van der Waals surface area contributed by atoms with Crippen LogP contribution in [0.3, 0.4) is 0 Å². The fourth-order valence-corrected chi connectivity index (χ4v) is 0. The zero-order chi connectivity index (χ0) is 8.57. The van der Waals surface area contributed by atoms with E-state index in [1.54, 1.807) is 0 Å². The molecule has 0 nitrogen and oxygen atoms in total. The second kappa shape index (κ2) is 8.78. The van der Waals surface area contributed by atoms with E-state index in [9.17, 15) is 17.6 Å². The molecule has 60 valence electrons. The summed E-state index contributed by atoms with van der Waals surface area (Å²) in [5, 5.41) is 0. The van der Waals surface area contributed by atoms with E-state index in [1.807, 2.05) is 0 Å². The van der Waals surface area contributed by atoms with Crippen molar-refractivity contribution in [1.82, 2.24) is 0 Å². The molecule has 0 aromatic heterocycles. The van der Waals surface area contributed by atoms with E-state index in [2.05, 4.69) is 0 Å². The standard InChI is InChI=1S/C2H2Cl2.C2F4/c3-1-2-4;3-1(4)2(5)6/h1-2H;. The van der Waals surface area contributed by atoms with Gasteiger partial charge in [0.05, 0.1) is 0 Å². The van der Waals surface area contributed by atoms with E-state index < -0.39 is 12.2 Å². The Balaban J connectivity index is 0. The van der Waals surface area contributed by atoms with Gasteiger partial charge in [-0.1, -0.05) is 23.2 Å². The first-order valence-electron chi connectivity index (χ1n) is 1.78. The molecule has 0 aromatic carbocycles. The average molecular weight is 197 g/mol. The molecule has 0 bridgehead atoms. The van der Waals surface area contributed by atoms with Crippen LogP contribution in [-0.4, -0.2) is 0 Å². The van der Waals surface area contributed by atoms with Crippen LogP contribution in [0.25, 0.3) is 0 Å². The Morgan fingerprint density at radius 2 is 1.00 bits per heavy atom.